The summed E-state index contributed by atoms with van der Waals surface area (Å²) in [7, 11) is 0. The lowest BCUT2D eigenvalue weighted by molar-refractivity contribution is -0.138. The summed E-state index contributed by atoms with van der Waals surface area (Å²) in [5, 5.41) is 0. The van der Waals surface area contributed by atoms with E-state index in [0.717, 1.165) is 44.7 Å². The van der Waals surface area contributed by atoms with Crippen LogP contribution in [0.15, 0.2) is 24.3 Å². The second-order valence-corrected chi connectivity index (χ2v) is 7.73. The first-order valence-electron chi connectivity index (χ1n) is 9.74. The van der Waals surface area contributed by atoms with Crippen molar-refractivity contribution in [2.45, 2.75) is 43.6 Å². The highest BCUT2D eigenvalue weighted by molar-refractivity contribution is 5.82. The Morgan fingerprint density at radius 2 is 2.07 bits per heavy atom. The van der Waals surface area contributed by atoms with Crippen LogP contribution in [0.4, 0.5) is 13.2 Å². The van der Waals surface area contributed by atoms with Crippen LogP contribution < -0.4 is 15.6 Å². The molecule has 3 atom stereocenters. The van der Waals surface area contributed by atoms with E-state index in [2.05, 4.69) is 15.8 Å². The van der Waals surface area contributed by atoms with Gasteiger partial charge in [-0.2, -0.15) is 13.2 Å². The van der Waals surface area contributed by atoms with Gasteiger partial charge in [-0.15, -0.1) is 0 Å². The largest absolute Gasteiger partial charge is 0.492 e. The number of carbonyl (C=O) groups excluding carboxylic acids is 1. The van der Waals surface area contributed by atoms with E-state index < -0.39 is 11.7 Å². The van der Waals surface area contributed by atoms with Crippen molar-refractivity contribution < 1.29 is 22.7 Å². The number of nitrogens with zero attached hydrogens (tertiary/aromatic N) is 2. The summed E-state index contributed by atoms with van der Waals surface area (Å²) in [5.41, 5.74) is 5.32. The molecule has 1 amide bonds. The molecule has 3 aliphatic rings. The molecule has 1 aromatic rings. The van der Waals surface area contributed by atoms with E-state index in [1.54, 1.807) is 0 Å². The number of fused-ring (bicyclic) bond motifs is 1. The molecule has 6 nitrogen and oxygen atoms in total. The molecular formula is C19H25F3N4O2. The molecule has 4 rings (SSSR count). The maximum absolute atomic E-state index is 12.8. The Morgan fingerprint density at radius 3 is 2.89 bits per heavy atom. The van der Waals surface area contributed by atoms with Gasteiger partial charge in [-0.25, -0.2) is 5.43 Å². The molecule has 9 heteroatoms. The zero-order valence-electron chi connectivity index (χ0n) is 15.5. The second kappa shape index (κ2) is 7.88. The van der Waals surface area contributed by atoms with Crippen molar-refractivity contribution in [1.29, 1.82) is 0 Å². The van der Waals surface area contributed by atoms with Gasteiger partial charge in [0.1, 0.15) is 18.4 Å². The Balaban J connectivity index is 1.27. The molecule has 0 spiro atoms. The van der Waals surface area contributed by atoms with Crippen LogP contribution in [0.5, 0.6) is 5.75 Å². The van der Waals surface area contributed by atoms with Gasteiger partial charge >= 0.3 is 6.18 Å². The van der Waals surface area contributed by atoms with Crippen molar-refractivity contribution in [3.05, 3.63) is 29.8 Å². The molecule has 0 bridgehead atoms. The molecule has 3 heterocycles. The number of hydrogen-bond donors (Lipinski definition) is 2. The summed E-state index contributed by atoms with van der Waals surface area (Å²) >= 11 is 0. The normalized spacial score (nSPS) is 28.4. The zero-order chi connectivity index (χ0) is 19.7. The van der Waals surface area contributed by atoms with Crippen LogP contribution in [0, 0.1) is 0 Å². The molecule has 0 radical (unpaired) electrons. The van der Waals surface area contributed by atoms with Crippen LogP contribution in [0.2, 0.25) is 0 Å². The van der Waals surface area contributed by atoms with E-state index in [-0.39, 0.29) is 30.3 Å². The number of alkyl halides is 3. The Bertz CT molecular complexity index is 715. The van der Waals surface area contributed by atoms with Crippen LogP contribution in [0.25, 0.3) is 0 Å². The molecule has 2 N–H and O–H groups in total. The minimum Gasteiger partial charge on any atom is -0.492 e. The number of nitrogens with one attached hydrogen (secondary N) is 2. The standard InChI is InChI=1S/C19H25F3N4O2/c20-19(21,22)13-3-1-5-16(9-13)28-12-14-10-17(24-23-14)18(27)26-8-7-25-6-2-4-15(25)11-26/h1,3,5,9,14-15,17,23-24H,2,4,6-8,10-12H2. The van der Waals surface area contributed by atoms with Gasteiger partial charge in [0, 0.05) is 25.7 Å². The van der Waals surface area contributed by atoms with Crippen molar-refractivity contribution in [2.24, 2.45) is 0 Å². The summed E-state index contributed by atoms with van der Waals surface area (Å²) in [4.78, 5) is 17.2. The minimum atomic E-state index is -4.40. The fraction of sp³-hybridized carbons (Fsp3) is 0.632. The summed E-state index contributed by atoms with van der Waals surface area (Å²) in [6.45, 7) is 3.78. The van der Waals surface area contributed by atoms with Gasteiger partial charge in [0.25, 0.3) is 0 Å². The number of amides is 1. The van der Waals surface area contributed by atoms with Gasteiger partial charge in [0.2, 0.25) is 5.91 Å². The molecule has 0 aromatic heterocycles. The van der Waals surface area contributed by atoms with Crippen molar-refractivity contribution >= 4 is 5.91 Å². The van der Waals surface area contributed by atoms with E-state index in [1.165, 1.54) is 18.6 Å². The highest BCUT2D eigenvalue weighted by atomic mass is 19.4. The van der Waals surface area contributed by atoms with Crippen molar-refractivity contribution in [1.82, 2.24) is 20.7 Å². The first-order valence-corrected chi connectivity index (χ1v) is 9.74. The first-order chi connectivity index (χ1) is 13.4. The Kier molecular flexibility index (Phi) is 5.48. The van der Waals surface area contributed by atoms with Crippen molar-refractivity contribution in [3.63, 3.8) is 0 Å². The Labute approximate surface area is 162 Å². The van der Waals surface area contributed by atoms with Gasteiger partial charge in [0.05, 0.1) is 11.6 Å². The number of halogens is 3. The monoisotopic (exact) mass is 398 g/mol. The second-order valence-electron chi connectivity index (χ2n) is 7.73. The van der Waals surface area contributed by atoms with Crippen LogP contribution in [0.3, 0.4) is 0 Å². The van der Waals surface area contributed by atoms with Gasteiger partial charge in [-0.1, -0.05) is 6.07 Å². The fourth-order valence-electron chi connectivity index (χ4n) is 4.26. The predicted octanol–water partition coefficient (Wildman–Crippen LogP) is 1.63. The summed E-state index contributed by atoms with van der Waals surface area (Å²) in [5.74, 6) is 0.254. The van der Waals surface area contributed by atoms with Gasteiger partial charge < -0.3 is 9.64 Å². The minimum absolute atomic E-state index is 0.0839. The number of ether oxygens (including phenoxy) is 1. The first kappa shape index (κ1) is 19.5. The highest BCUT2D eigenvalue weighted by Gasteiger charge is 2.37. The lowest BCUT2D eigenvalue weighted by Gasteiger charge is -2.38. The number of piperazine rings is 1. The third-order valence-electron chi connectivity index (χ3n) is 5.79. The molecular weight excluding hydrogens is 373 g/mol. The number of hydrogen-bond acceptors (Lipinski definition) is 5. The number of carbonyl (C=O) groups is 1. The third-order valence-corrected chi connectivity index (χ3v) is 5.79. The number of benzene rings is 1. The molecule has 3 saturated heterocycles. The Hall–Kier alpha value is -1.84. The van der Waals surface area contributed by atoms with Gasteiger partial charge in [-0.3, -0.25) is 15.1 Å². The van der Waals surface area contributed by atoms with Gasteiger partial charge in [0.15, 0.2) is 0 Å². The van der Waals surface area contributed by atoms with Gasteiger partial charge in [-0.05, 0) is 44.0 Å². The fourth-order valence-corrected chi connectivity index (χ4v) is 4.26. The maximum Gasteiger partial charge on any atom is 0.416 e. The molecule has 154 valence electrons. The summed E-state index contributed by atoms with van der Waals surface area (Å²) < 4.78 is 43.9. The quantitative estimate of drug-likeness (QED) is 0.808. The molecule has 3 unspecified atom stereocenters. The molecule has 0 aliphatic carbocycles. The van der Waals surface area contributed by atoms with Crippen LogP contribution >= 0.6 is 0 Å². The average molecular weight is 398 g/mol. The summed E-state index contributed by atoms with van der Waals surface area (Å²) in [6.07, 6.45) is -1.51. The number of rotatable bonds is 4. The summed E-state index contributed by atoms with van der Waals surface area (Å²) in [6, 6.07) is 4.84. The van der Waals surface area contributed by atoms with Crippen molar-refractivity contribution in [2.75, 3.05) is 32.8 Å². The van der Waals surface area contributed by atoms with Crippen molar-refractivity contribution in [3.8, 4) is 5.75 Å². The molecule has 0 saturated carbocycles. The maximum atomic E-state index is 12.8. The van der Waals surface area contributed by atoms with E-state index in [4.69, 9.17) is 4.74 Å². The van der Waals surface area contributed by atoms with Crippen LogP contribution in [-0.4, -0.2) is 66.6 Å². The van der Waals surface area contributed by atoms with E-state index in [1.807, 2.05) is 4.90 Å². The van der Waals surface area contributed by atoms with E-state index in [0.29, 0.717) is 12.5 Å². The third kappa shape index (κ3) is 4.26. The smallest absolute Gasteiger partial charge is 0.416 e. The lowest BCUT2D eigenvalue weighted by Crippen LogP contribution is -2.56. The molecule has 1 aromatic carbocycles. The van der Waals surface area contributed by atoms with Crippen LogP contribution in [0.1, 0.15) is 24.8 Å². The zero-order valence-corrected chi connectivity index (χ0v) is 15.5. The predicted molar refractivity (Wildman–Crippen MR) is 96.6 cm³/mol. The lowest BCUT2D eigenvalue weighted by atomic mass is 10.1. The molecule has 3 fully saturated rings. The van der Waals surface area contributed by atoms with E-state index >= 15 is 0 Å². The average Bonchev–Trinajstić information content (AvgIpc) is 3.34. The topological polar surface area (TPSA) is 56.8 Å². The molecule has 28 heavy (non-hydrogen) atoms. The van der Waals surface area contributed by atoms with E-state index in [9.17, 15) is 18.0 Å². The number of hydrazine groups is 1. The SMILES string of the molecule is O=C(C1CC(COc2cccc(C(F)(F)F)c2)NN1)N1CCN2CCCC2C1. The molecule has 3 aliphatic heterocycles. The highest BCUT2D eigenvalue weighted by Crippen LogP contribution is 2.31. The van der Waals surface area contributed by atoms with Crippen LogP contribution in [-0.2, 0) is 11.0 Å². The Morgan fingerprint density at radius 1 is 1.21 bits per heavy atom.